The van der Waals surface area contributed by atoms with Gasteiger partial charge in [0.15, 0.2) is 0 Å². The molecule has 3 N–H and O–H groups in total. The number of nitrogens with two attached hydrogens (primary N) is 1. The van der Waals surface area contributed by atoms with Crippen molar-refractivity contribution in [3.05, 3.63) is 23.4 Å². The van der Waals surface area contributed by atoms with E-state index in [1.807, 2.05) is 30.8 Å². The first kappa shape index (κ1) is 14.3. The Morgan fingerprint density at radius 1 is 1.59 bits per heavy atom. The highest BCUT2D eigenvalue weighted by atomic mass is 32.2. The number of thiocarbonyl (C=S) groups is 1. The van der Waals surface area contributed by atoms with Crippen LogP contribution in [0, 0.1) is 6.92 Å². The predicted molar refractivity (Wildman–Crippen MR) is 80.9 cm³/mol. The largest absolute Gasteiger partial charge is 0.389 e. The molecule has 94 valence electrons. The van der Waals surface area contributed by atoms with Gasteiger partial charge in [-0.05, 0) is 44.4 Å². The quantitative estimate of drug-likeness (QED) is 0.777. The first-order valence-electron chi connectivity index (χ1n) is 5.57. The summed E-state index contributed by atoms with van der Waals surface area (Å²) in [6.07, 6.45) is 3.22. The maximum atomic E-state index is 5.64. The van der Waals surface area contributed by atoms with E-state index in [0.29, 0.717) is 11.0 Å². The molecule has 0 radical (unpaired) electrons. The molecule has 1 rings (SSSR count). The normalized spacial score (nSPS) is 12.2. The topological polar surface area (TPSA) is 50.9 Å². The molecule has 0 aliphatic carbocycles. The molecule has 1 heterocycles. The van der Waals surface area contributed by atoms with Gasteiger partial charge < -0.3 is 11.1 Å². The van der Waals surface area contributed by atoms with Crippen molar-refractivity contribution in [2.75, 3.05) is 17.3 Å². The molecular weight excluding hydrogens is 250 g/mol. The standard InChI is InChI=1S/C12H19N3S2/c1-8(4-5-17-3)14-11-7-10(12(13)16)6-9(2)15-11/h6-8H,4-5H2,1-3H3,(H2,13,16)(H,14,15). The van der Waals surface area contributed by atoms with Crippen LogP contribution in [0.1, 0.15) is 24.6 Å². The number of pyridine rings is 1. The smallest absolute Gasteiger partial charge is 0.127 e. The van der Waals surface area contributed by atoms with Crippen molar-refractivity contribution >= 4 is 34.8 Å². The summed E-state index contributed by atoms with van der Waals surface area (Å²) >= 11 is 6.83. The molecule has 5 heteroatoms. The van der Waals surface area contributed by atoms with Gasteiger partial charge in [0.2, 0.25) is 0 Å². The molecule has 0 aromatic carbocycles. The van der Waals surface area contributed by atoms with Gasteiger partial charge in [-0.15, -0.1) is 0 Å². The van der Waals surface area contributed by atoms with Gasteiger partial charge in [0.1, 0.15) is 10.8 Å². The van der Waals surface area contributed by atoms with E-state index in [-0.39, 0.29) is 0 Å². The number of anilines is 1. The summed E-state index contributed by atoms with van der Waals surface area (Å²) in [4.78, 5) is 4.84. The molecule has 0 fully saturated rings. The summed E-state index contributed by atoms with van der Waals surface area (Å²) in [5.74, 6) is 1.99. The van der Waals surface area contributed by atoms with Crippen molar-refractivity contribution in [3.63, 3.8) is 0 Å². The Kier molecular flexibility index (Phi) is 5.71. The van der Waals surface area contributed by atoms with Crippen LogP contribution < -0.4 is 11.1 Å². The molecule has 0 spiro atoms. The molecule has 0 bridgehead atoms. The highest BCUT2D eigenvalue weighted by Gasteiger charge is 2.06. The zero-order chi connectivity index (χ0) is 12.8. The lowest BCUT2D eigenvalue weighted by molar-refractivity contribution is 0.766. The van der Waals surface area contributed by atoms with Gasteiger partial charge in [0, 0.05) is 17.3 Å². The summed E-state index contributed by atoms with van der Waals surface area (Å²) in [6.45, 7) is 4.10. The Balaban J connectivity index is 2.73. The molecule has 0 saturated carbocycles. The van der Waals surface area contributed by atoms with Crippen LogP contribution in [0.4, 0.5) is 5.82 Å². The van der Waals surface area contributed by atoms with E-state index in [9.17, 15) is 0 Å². The van der Waals surface area contributed by atoms with Crippen LogP contribution in [-0.2, 0) is 0 Å². The SMILES string of the molecule is CSCCC(C)Nc1cc(C(N)=S)cc(C)n1. The van der Waals surface area contributed by atoms with E-state index in [4.69, 9.17) is 18.0 Å². The monoisotopic (exact) mass is 269 g/mol. The second-order valence-electron chi connectivity index (χ2n) is 4.07. The van der Waals surface area contributed by atoms with E-state index in [2.05, 4.69) is 23.5 Å². The van der Waals surface area contributed by atoms with Crippen molar-refractivity contribution in [3.8, 4) is 0 Å². The molecule has 17 heavy (non-hydrogen) atoms. The zero-order valence-electron chi connectivity index (χ0n) is 10.5. The Hall–Kier alpha value is -0.810. The molecule has 0 aliphatic heterocycles. The lowest BCUT2D eigenvalue weighted by Crippen LogP contribution is -2.18. The number of aromatic nitrogens is 1. The van der Waals surface area contributed by atoms with Crippen LogP contribution in [0.15, 0.2) is 12.1 Å². The molecule has 3 nitrogen and oxygen atoms in total. The van der Waals surface area contributed by atoms with Crippen LogP contribution in [-0.4, -0.2) is 28.0 Å². The summed E-state index contributed by atoms with van der Waals surface area (Å²) in [5.41, 5.74) is 7.43. The number of nitrogens with zero attached hydrogens (tertiary/aromatic N) is 1. The number of nitrogens with one attached hydrogen (secondary N) is 1. The first-order chi connectivity index (χ1) is 8.02. The van der Waals surface area contributed by atoms with Crippen LogP contribution in [0.2, 0.25) is 0 Å². The third kappa shape index (κ3) is 4.91. The molecule has 1 aromatic heterocycles. The fourth-order valence-corrected chi connectivity index (χ4v) is 2.21. The van der Waals surface area contributed by atoms with Gasteiger partial charge in [-0.3, -0.25) is 0 Å². The second-order valence-corrected chi connectivity index (χ2v) is 5.50. The van der Waals surface area contributed by atoms with Crippen molar-refractivity contribution < 1.29 is 0 Å². The molecule has 0 saturated heterocycles. The molecule has 1 atom stereocenters. The number of hydrogen-bond donors (Lipinski definition) is 2. The lowest BCUT2D eigenvalue weighted by atomic mass is 10.2. The van der Waals surface area contributed by atoms with Crippen molar-refractivity contribution in [1.29, 1.82) is 0 Å². The first-order valence-corrected chi connectivity index (χ1v) is 7.37. The molecule has 0 aliphatic rings. The number of thioether (sulfide) groups is 1. The Bertz CT molecular complexity index is 393. The lowest BCUT2D eigenvalue weighted by Gasteiger charge is -2.15. The summed E-state index contributed by atoms with van der Waals surface area (Å²) in [7, 11) is 0. The average molecular weight is 269 g/mol. The van der Waals surface area contributed by atoms with E-state index in [1.165, 1.54) is 0 Å². The molecule has 1 unspecified atom stereocenters. The van der Waals surface area contributed by atoms with E-state index in [0.717, 1.165) is 29.2 Å². The van der Waals surface area contributed by atoms with Gasteiger partial charge in [0.05, 0.1) is 0 Å². The van der Waals surface area contributed by atoms with Gasteiger partial charge in [-0.1, -0.05) is 12.2 Å². The van der Waals surface area contributed by atoms with Gasteiger partial charge in [-0.2, -0.15) is 11.8 Å². The van der Waals surface area contributed by atoms with E-state index in [1.54, 1.807) is 0 Å². The fraction of sp³-hybridized carbons (Fsp3) is 0.500. The fourth-order valence-electron chi connectivity index (χ4n) is 1.50. The highest BCUT2D eigenvalue weighted by Crippen LogP contribution is 2.13. The Morgan fingerprint density at radius 3 is 2.88 bits per heavy atom. The third-order valence-corrected chi connectivity index (χ3v) is 3.27. The Morgan fingerprint density at radius 2 is 2.29 bits per heavy atom. The van der Waals surface area contributed by atoms with E-state index < -0.39 is 0 Å². The van der Waals surface area contributed by atoms with Gasteiger partial charge >= 0.3 is 0 Å². The van der Waals surface area contributed by atoms with Crippen LogP contribution in [0.3, 0.4) is 0 Å². The maximum Gasteiger partial charge on any atom is 0.127 e. The minimum absolute atomic E-state index is 0.399. The van der Waals surface area contributed by atoms with Crippen LogP contribution >= 0.6 is 24.0 Å². The third-order valence-electron chi connectivity index (χ3n) is 2.39. The van der Waals surface area contributed by atoms with Crippen molar-refractivity contribution in [2.24, 2.45) is 5.73 Å². The second kappa shape index (κ2) is 6.81. The van der Waals surface area contributed by atoms with Gasteiger partial charge in [0.25, 0.3) is 0 Å². The maximum absolute atomic E-state index is 5.64. The van der Waals surface area contributed by atoms with Crippen LogP contribution in [0.5, 0.6) is 0 Å². The summed E-state index contributed by atoms with van der Waals surface area (Å²) in [6, 6.07) is 4.21. The predicted octanol–water partition coefficient (Wildman–Crippen LogP) is 2.58. The molecule has 1 aromatic rings. The minimum Gasteiger partial charge on any atom is -0.389 e. The van der Waals surface area contributed by atoms with E-state index >= 15 is 0 Å². The number of rotatable bonds is 6. The minimum atomic E-state index is 0.399. The highest BCUT2D eigenvalue weighted by molar-refractivity contribution is 7.98. The zero-order valence-corrected chi connectivity index (χ0v) is 12.1. The summed E-state index contributed by atoms with van der Waals surface area (Å²) < 4.78 is 0. The molecule has 0 amide bonds. The van der Waals surface area contributed by atoms with Gasteiger partial charge in [-0.25, -0.2) is 4.98 Å². The number of aryl methyl sites for hydroxylation is 1. The average Bonchev–Trinajstić information content (AvgIpc) is 2.25. The Labute approximate surface area is 113 Å². The van der Waals surface area contributed by atoms with Crippen LogP contribution in [0.25, 0.3) is 0 Å². The molecular formula is C12H19N3S2. The summed E-state index contributed by atoms with van der Waals surface area (Å²) in [5, 5.41) is 3.37. The van der Waals surface area contributed by atoms with Crippen molar-refractivity contribution in [1.82, 2.24) is 4.98 Å². The number of hydrogen-bond acceptors (Lipinski definition) is 4. The van der Waals surface area contributed by atoms with Crippen molar-refractivity contribution in [2.45, 2.75) is 26.3 Å².